The third kappa shape index (κ3) is 6.48. The Balaban J connectivity index is 1.68. The number of halogens is 5. The van der Waals surface area contributed by atoms with E-state index in [4.69, 9.17) is 0 Å². The first-order valence-corrected chi connectivity index (χ1v) is 12.7. The molecule has 1 saturated heterocycles. The van der Waals surface area contributed by atoms with Crippen LogP contribution in [0.4, 0.5) is 27.9 Å². The average molecular weight is 544 g/mol. The molecule has 38 heavy (non-hydrogen) atoms. The molecule has 1 aromatic carbocycles. The Morgan fingerprint density at radius 1 is 1.21 bits per heavy atom. The molecule has 4 rings (SSSR count). The predicted octanol–water partition coefficient (Wildman–Crippen LogP) is 4.87. The fourth-order valence-corrected chi connectivity index (χ4v) is 5.35. The number of hydrogen-bond donors (Lipinski definition) is 1. The molecule has 1 aliphatic carbocycles. The number of carbonyl (C=O) groups excluding carboxylic acids is 1. The Bertz CT molecular complexity index is 1130. The number of anilines is 1. The van der Waals surface area contributed by atoms with Crippen molar-refractivity contribution in [2.24, 2.45) is 0 Å². The van der Waals surface area contributed by atoms with Crippen molar-refractivity contribution >= 4 is 18.3 Å². The second-order valence-corrected chi connectivity index (χ2v) is 9.97. The molecule has 0 bridgehead atoms. The number of aromatic nitrogens is 3. The lowest BCUT2D eigenvalue weighted by Crippen LogP contribution is -2.45. The number of nitrogens with zero attached hydrogens (tertiary/aromatic N) is 5. The van der Waals surface area contributed by atoms with E-state index >= 15 is 0 Å². The van der Waals surface area contributed by atoms with Crippen LogP contribution in [-0.2, 0) is 15.8 Å². The van der Waals surface area contributed by atoms with Crippen LogP contribution in [-0.4, -0.2) is 68.7 Å². The van der Waals surface area contributed by atoms with Gasteiger partial charge < -0.3 is 5.11 Å². The molecule has 1 N–H and O–H groups in total. The molecule has 1 aliphatic heterocycles. The summed E-state index contributed by atoms with van der Waals surface area (Å²) in [6, 6.07) is 3.95. The van der Waals surface area contributed by atoms with Gasteiger partial charge in [-0.05, 0) is 44.4 Å². The normalized spacial score (nSPS) is 19.4. The summed E-state index contributed by atoms with van der Waals surface area (Å²) in [6.07, 6.45) is -1.57. The van der Waals surface area contributed by atoms with Crippen molar-refractivity contribution < 1.29 is 36.6 Å². The van der Waals surface area contributed by atoms with Crippen molar-refractivity contribution in [2.45, 2.75) is 75.4 Å². The molecule has 1 aromatic heterocycles. The summed E-state index contributed by atoms with van der Waals surface area (Å²) in [4.78, 5) is 30.8. The number of amides is 1. The van der Waals surface area contributed by atoms with E-state index in [1.54, 1.807) is 0 Å². The maximum absolute atomic E-state index is 13.8. The van der Waals surface area contributed by atoms with Crippen molar-refractivity contribution in [3.05, 3.63) is 35.7 Å². The van der Waals surface area contributed by atoms with Gasteiger partial charge in [-0.2, -0.15) is 18.2 Å². The van der Waals surface area contributed by atoms with Gasteiger partial charge in [0.05, 0.1) is 30.3 Å². The van der Waals surface area contributed by atoms with Gasteiger partial charge in [0.2, 0.25) is 6.41 Å². The van der Waals surface area contributed by atoms with E-state index in [1.165, 1.54) is 23.1 Å². The number of piperidine rings is 1. The van der Waals surface area contributed by atoms with Crippen LogP contribution < -0.4 is 4.90 Å². The highest BCUT2D eigenvalue weighted by Crippen LogP contribution is 2.38. The molecule has 208 valence electrons. The molecular weight excluding hydrogens is 513 g/mol. The smallest absolute Gasteiger partial charge is 0.418 e. The molecule has 0 radical (unpaired) electrons. The summed E-state index contributed by atoms with van der Waals surface area (Å²) in [6.45, 7) is 0.0786. The van der Waals surface area contributed by atoms with Crippen LogP contribution >= 0.6 is 0 Å². The summed E-state index contributed by atoms with van der Waals surface area (Å²) < 4.78 is 70.3. The number of carboxylic acid groups (broad SMARTS) is 1. The third-order valence-corrected chi connectivity index (χ3v) is 7.18. The minimum Gasteiger partial charge on any atom is -0.481 e. The van der Waals surface area contributed by atoms with Crippen molar-refractivity contribution in [2.75, 3.05) is 24.5 Å². The van der Waals surface area contributed by atoms with E-state index in [9.17, 15) is 36.6 Å². The average Bonchev–Trinajstić information content (AvgIpc) is 3.52. The topological polar surface area (TPSA) is 91.6 Å². The number of likely N-dealkylation sites (tertiary alicyclic amines) is 1. The monoisotopic (exact) mass is 543 g/mol. The first-order chi connectivity index (χ1) is 18.0. The molecule has 1 saturated carbocycles. The lowest BCUT2D eigenvalue weighted by molar-refractivity contribution is -0.138. The van der Waals surface area contributed by atoms with E-state index < -0.39 is 42.6 Å². The Hall–Kier alpha value is -3.09. The van der Waals surface area contributed by atoms with Crippen LogP contribution in [0.2, 0.25) is 0 Å². The Morgan fingerprint density at radius 2 is 1.92 bits per heavy atom. The summed E-state index contributed by atoms with van der Waals surface area (Å²) in [7, 11) is 0. The molecular formula is C25H30F5N5O3. The fourth-order valence-electron chi connectivity index (χ4n) is 5.35. The van der Waals surface area contributed by atoms with Crippen LogP contribution in [0.3, 0.4) is 0 Å². The molecule has 1 atom stereocenters. The number of rotatable bonds is 10. The minimum atomic E-state index is -4.66. The van der Waals surface area contributed by atoms with Gasteiger partial charge in [0.25, 0.3) is 11.9 Å². The van der Waals surface area contributed by atoms with Gasteiger partial charge in [-0.1, -0.05) is 25.0 Å². The second kappa shape index (κ2) is 11.3. The van der Waals surface area contributed by atoms with E-state index in [0.29, 0.717) is 32.2 Å². The van der Waals surface area contributed by atoms with Gasteiger partial charge in [0, 0.05) is 18.9 Å². The maximum atomic E-state index is 13.8. The van der Waals surface area contributed by atoms with Crippen LogP contribution in [0.1, 0.15) is 68.7 Å². The van der Waals surface area contributed by atoms with Crippen LogP contribution in [0.5, 0.6) is 0 Å². The Labute approximate surface area is 216 Å². The Morgan fingerprint density at radius 3 is 2.55 bits per heavy atom. The maximum Gasteiger partial charge on any atom is 0.418 e. The van der Waals surface area contributed by atoms with Gasteiger partial charge in [0.1, 0.15) is 5.82 Å². The number of hydrogen-bond acceptors (Lipinski definition) is 5. The van der Waals surface area contributed by atoms with Crippen LogP contribution in [0, 0.1) is 0 Å². The number of aliphatic carboxylic acids is 1. The molecule has 0 unspecified atom stereocenters. The number of alkyl halides is 5. The molecule has 8 nitrogen and oxygen atoms in total. The molecule has 0 spiro atoms. The predicted molar refractivity (Wildman–Crippen MR) is 127 cm³/mol. The highest BCUT2D eigenvalue weighted by Gasteiger charge is 2.38. The van der Waals surface area contributed by atoms with E-state index in [-0.39, 0.29) is 42.8 Å². The van der Waals surface area contributed by atoms with Gasteiger partial charge in [-0.25, -0.2) is 13.5 Å². The summed E-state index contributed by atoms with van der Waals surface area (Å²) >= 11 is 0. The van der Waals surface area contributed by atoms with Crippen molar-refractivity contribution in [1.29, 1.82) is 0 Å². The SMILES string of the molecule is O=CN(c1nc(C2CCCC2)n(-c2ccccc2C(F)(F)F)n1)[C@@H](CCN1CCCC(F)(F)C1)CC(=O)O. The van der Waals surface area contributed by atoms with Gasteiger partial charge in [-0.3, -0.25) is 19.4 Å². The first kappa shape index (κ1) is 27.9. The number of benzene rings is 1. The van der Waals surface area contributed by atoms with E-state index in [0.717, 1.165) is 28.5 Å². The first-order valence-electron chi connectivity index (χ1n) is 12.7. The highest BCUT2D eigenvalue weighted by atomic mass is 19.4. The second-order valence-electron chi connectivity index (χ2n) is 9.97. The van der Waals surface area contributed by atoms with Gasteiger partial charge in [0.15, 0.2) is 0 Å². The molecule has 1 amide bonds. The van der Waals surface area contributed by atoms with Crippen LogP contribution in [0.25, 0.3) is 5.69 Å². The van der Waals surface area contributed by atoms with Crippen molar-refractivity contribution in [3.8, 4) is 5.69 Å². The standard InChI is InChI=1S/C25H30F5N5O3/c26-24(27)11-5-12-33(15-24)13-10-18(14-21(37)38)34(16-36)23-31-22(17-6-1-2-7-17)35(32-23)20-9-4-3-8-19(20)25(28,29)30/h3-4,8-9,16-18H,1-2,5-7,10-15H2,(H,37,38)/t18-/m0/s1. The molecule has 2 aromatic rings. The van der Waals surface area contributed by atoms with Crippen molar-refractivity contribution in [3.63, 3.8) is 0 Å². The molecule has 13 heteroatoms. The number of carbonyl (C=O) groups is 2. The van der Waals surface area contributed by atoms with Gasteiger partial charge in [-0.15, -0.1) is 5.10 Å². The van der Waals surface area contributed by atoms with Crippen LogP contribution in [0.15, 0.2) is 24.3 Å². The van der Waals surface area contributed by atoms with Crippen molar-refractivity contribution in [1.82, 2.24) is 19.7 Å². The number of carboxylic acids is 1. The number of para-hydroxylation sites is 1. The zero-order valence-corrected chi connectivity index (χ0v) is 20.7. The summed E-state index contributed by atoms with van der Waals surface area (Å²) in [5, 5.41) is 13.8. The molecule has 2 heterocycles. The highest BCUT2D eigenvalue weighted by molar-refractivity contribution is 5.75. The summed E-state index contributed by atoms with van der Waals surface area (Å²) in [5.74, 6) is -4.18. The quantitative estimate of drug-likeness (QED) is 0.340. The third-order valence-electron chi connectivity index (χ3n) is 7.18. The minimum absolute atomic E-state index is 0.0492. The Kier molecular flexibility index (Phi) is 8.34. The largest absolute Gasteiger partial charge is 0.481 e. The lowest BCUT2D eigenvalue weighted by atomic mass is 10.0. The summed E-state index contributed by atoms with van der Waals surface area (Å²) in [5.41, 5.74) is -1.15. The lowest BCUT2D eigenvalue weighted by Gasteiger charge is -2.34. The molecule has 2 aliphatic rings. The fraction of sp³-hybridized carbons (Fsp3) is 0.600. The van der Waals surface area contributed by atoms with E-state index in [2.05, 4.69) is 10.1 Å². The molecule has 2 fully saturated rings. The zero-order valence-electron chi connectivity index (χ0n) is 20.7. The van der Waals surface area contributed by atoms with E-state index in [1.807, 2.05) is 0 Å². The zero-order chi connectivity index (χ0) is 27.5. The van der Waals surface area contributed by atoms with Gasteiger partial charge >= 0.3 is 12.1 Å².